The molecule has 0 aliphatic rings. The SMILES string of the molecule is Cc1c(N)ncnc1-c1cnc2ccccc2c1. The summed E-state index contributed by atoms with van der Waals surface area (Å²) < 4.78 is 0. The number of anilines is 1. The minimum atomic E-state index is 0.508. The molecule has 3 rings (SSSR count). The molecule has 1 aromatic carbocycles. The van der Waals surface area contributed by atoms with Crippen molar-refractivity contribution in [3.8, 4) is 11.3 Å². The van der Waals surface area contributed by atoms with E-state index >= 15 is 0 Å². The average Bonchev–Trinajstić information content (AvgIpc) is 2.41. The molecule has 0 aliphatic heterocycles. The van der Waals surface area contributed by atoms with Gasteiger partial charge in [-0.1, -0.05) is 18.2 Å². The highest BCUT2D eigenvalue weighted by Gasteiger charge is 2.07. The highest BCUT2D eigenvalue weighted by molar-refractivity contribution is 5.83. The summed E-state index contributed by atoms with van der Waals surface area (Å²) >= 11 is 0. The van der Waals surface area contributed by atoms with E-state index in [1.807, 2.05) is 37.4 Å². The normalized spacial score (nSPS) is 10.7. The molecule has 0 saturated carbocycles. The number of pyridine rings is 1. The van der Waals surface area contributed by atoms with Gasteiger partial charge in [-0.05, 0) is 19.1 Å². The highest BCUT2D eigenvalue weighted by Crippen LogP contribution is 2.25. The Hall–Kier alpha value is -2.49. The number of nitrogens with two attached hydrogens (primary N) is 1. The van der Waals surface area contributed by atoms with Crippen LogP contribution in [0.25, 0.3) is 22.2 Å². The zero-order chi connectivity index (χ0) is 12.5. The van der Waals surface area contributed by atoms with Crippen molar-refractivity contribution >= 4 is 16.7 Å². The summed E-state index contributed by atoms with van der Waals surface area (Å²) in [6.07, 6.45) is 3.30. The third kappa shape index (κ3) is 1.68. The van der Waals surface area contributed by atoms with Gasteiger partial charge < -0.3 is 5.73 Å². The maximum Gasteiger partial charge on any atom is 0.130 e. The van der Waals surface area contributed by atoms with Gasteiger partial charge in [0.15, 0.2) is 0 Å². The minimum absolute atomic E-state index is 0.508. The number of hydrogen-bond acceptors (Lipinski definition) is 4. The van der Waals surface area contributed by atoms with Gasteiger partial charge in [-0.3, -0.25) is 4.98 Å². The van der Waals surface area contributed by atoms with Crippen molar-refractivity contribution in [2.24, 2.45) is 0 Å². The van der Waals surface area contributed by atoms with Gasteiger partial charge >= 0.3 is 0 Å². The van der Waals surface area contributed by atoms with Crippen LogP contribution in [0.3, 0.4) is 0 Å². The number of hydrogen-bond donors (Lipinski definition) is 1. The quantitative estimate of drug-likeness (QED) is 0.705. The molecule has 3 aromatic rings. The van der Waals surface area contributed by atoms with Crippen molar-refractivity contribution in [1.82, 2.24) is 15.0 Å². The summed E-state index contributed by atoms with van der Waals surface area (Å²) in [4.78, 5) is 12.7. The van der Waals surface area contributed by atoms with E-state index in [1.165, 1.54) is 6.33 Å². The molecular formula is C14H12N4. The Morgan fingerprint density at radius 2 is 1.89 bits per heavy atom. The van der Waals surface area contributed by atoms with Gasteiger partial charge in [0.05, 0.1) is 11.2 Å². The van der Waals surface area contributed by atoms with Gasteiger partial charge in [-0.25, -0.2) is 9.97 Å². The van der Waals surface area contributed by atoms with Crippen molar-refractivity contribution in [3.05, 3.63) is 48.4 Å². The zero-order valence-corrected chi connectivity index (χ0v) is 9.96. The molecule has 2 aromatic heterocycles. The van der Waals surface area contributed by atoms with E-state index in [1.54, 1.807) is 0 Å². The predicted octanol–water partition coefficient (Wildman–Crippen LogP) is 2.58. The number of benzene rings is 1. The van der Waals surface area contributed by atoms with Gasteiger partial charge in [0.2, 0.25) is 0 Å². The lowest BCUT2D eigenvalue weighted by molar-refractivity contribution is 1.14. The fourth-order valence-corrected chi connectivity index (χ4v) is 1.96. The van der Waals surface area contributed by atoms with Crippen LogP contribution in [0.4, 0.5) is 5.82 Å². The molecule has 0 unspecified atom stereocenters. The molecule has 2 heterocycles. The molecular weight excluding hydrogens is 224 g/mol. The maximum atomic E-state index is 5.80. The Balaban J connectivity index is 2.22. The van der Waals surface area contributed by atoms with Gasteiger partial charge in [-0.15, -0.1) is 0 Å². The summed E-state index contributed by atoms with van der Waals surface area (Å²) in [5.41, 5.74) is 9.45. The van der Waals surface area contributed by atoms with Crippen LogP contribution in [0, 0.1) is 6.92 Å². The molecule has 4 heteroatoms. The highest BCUT2D eigenvalue weighted by atomic mass is 14.9. The van der Waals surface area contributed by atoms with E-state index in [0.29, 0.717) is 5.82 Å². The van der Waals surface area contributed by atoms with Crippen LogP contribution < -0.4 is 5.73 Å². The number of nitrogen functional groups attached to an aromatic ring is 1. The van der Waals surface area contributed by atoms with Crippen LogP contribution in [0.5, 0.6) is 0 Å². The first kappa shape index (κ1) is 10.7. The first-order valence-corrected chi connectivity index (χ1v) is 5.68. The van der Waals surface area contributed by atoms with E-state index in [4.69, 9.17) is 5.73 Å². The fourth-order valence-electron chi connectivity index (χ4n) is 1.96. The second-order valence-electron chi connectivity index (χ2n) is 4.15. The van der Waals surface area contributed by atoms with Crippen LogP contribution in [-0.2, 0) is 0 Å². The topological polar surface area (TPSA) is 64.7 Å². The number of fused-ring (bicyclic) bond motifs is 1. The van der Waals surface area contributed by atoms with Gasteiger partial charge in [0.1, 0.15) is 12.1 Å². The zero-order valence-electron chi connectivity index (χ0n) is 9.96. The molecule has 0 fully saturated rings. The van der Waals surface area contributed by atoms with Crippen molar-refractivity contribution in [2.75, 3.05) is 5.73 Å². The van der Waals surface area contributed by atoms with Crippen LogP contribution in [-0.4, -0.2) is 15.0 Å². The summed E-state index contributed by atoms with van der Waals surface area (Å²) in [7, 11) is 0. The Morgan fingerprint density at radius 1 is 1.06 bits per heavy atom. The van der Waals surface area contributed by atoms with E-state index in [2.05, 4.69) is 21.0 Å². The van der Waals surface area contributed by atoms with E-state index in [9.17, 15) is 0 Å². The largest absolute Gasteiger partial charge is 0.383 e. The van der Waals surface area contributed by atoms with Crippen LogP contribution >= 0.6 is 0 Å². The third-order valence-electron chi connectivity index (χ3n) is 2.99. The van der Waals surface area contributed by atoms with Crippen molar-refractivity contribution in [1.29, 1.82) is 0 Å². The molecule has 2 N–H and O–H groups in total. The van der Waals surface area contributed by atoms with Crippen LogP contribution in [0.15, 0.2) is 42.9 Å². The summed E-state index contributed by atoms with van der Waals surface area (Å²) in [6, 6.07) is 10.1. The van der Waals surface area contributed by atoms with Crippen LogP contribution in [0.1, 0.15) is 5.56 Å². The van der Waals surface area contributed by atoms with E-state index in [0.717, 1.165) is 27.7 Å². The van der Waals surface area contributed by atoms with Crippen LogP contribution in [0.2, 0.25) is 0 Å². The Morgan fingerprint density at radius 3 is 2.78 bits per heavy atom. The number of para-hydroxylation sites is 1. The molecule has 0 saturated heterocycles. The molecule has 18 heavy (non-hydrogen) atoms. The third-order valence-corrected chi connectivity index (χ3v) is 2.99. The Kier molecular flexibility index (Phi) is 2.41. The monoisotopic (exact) mass is 236 g/mol. The predicted molar refractivity (Wildman–Crippen MR) is 71.9 cm³/mol. The lowest BCUT2D eigenvalue weighted by Crippen LogP contribution is -1.98. The van der Waals surface area contributed by atoms with Gasteiger partial charge in [0, 0.05) is 22.7 Å². The van der Waals surface area contributed by atoms with E-state index < -0.39 is 0 Å². The minimum Gasteiger partial charge on any atom is -0.383 e. The molecule has 0 radical (unpaired) electrons. The second-order valence-corrected chi connectivity index (χ2v) is 4.15. The Labute approximate surface area is 105 Å². The molecule has 0 aliphatic carbocycles. The summed E-state index contributed by atoms with van der Waals surface area (Å²) in [6.45, 7) is 1.92. The maximum absolute atomic E-state index is 5.80. The lowest BCUT2D eigenvalue weighted by Gasteiger charge is -2.07. The van der Waals surface area contributed by atoms with Gasteiger partial charge in [0.25, 0.3) is 0 Å². The number of rotatable bonds is 1. The summed E-state index contributed by atoms with van der Waals surface area (Å²) in [5.74, 6) is 0.508. The molecule has 0 amide bonds. The number of nitrogens with zero attached hydrogens (tertiary/aromatic N) is 3. The van der Waals surface area contributed by atoms with Crippen molar-refractivity contribution in [2.45, 2.75) is 6.92 Å². The fraction of sp³-hybridized carbons (Fsp3) is 0.0714. The lowest BCUT2D eigenvalue weighted by atomic mass is 10.1. The van der Waals surface area contributed by atoms with E-state index in [-0.39, 0.29) is 0 Å². The van der Waals surface area contributed by atoms with Crippen molar-refractivity contribution in [3.63, 3.8) is 0 Å². The average molecular weight is 236 g/mol. The summed E-state index contributed by atoms with van der Waals surface area (Å²) in [5, 5.41) is 1.09. The molecule has 0 spiro atoms. The standard InChI is InChI=1S/C14H12N4/c1-9-13(17-8-18-14(9)15)11-6-10-4-2-3-5-12(10)16-7-11/h2-8H,1H3,(H2,15,17,18). The molecule has 88 valence electrons. The Bertz CT molecular complexity index is 722. The number of aromatic nitrogens is 3. The molecule has 4 nitrogen and oxygen atoms in total. The first-order chi connectivity index (χ1) is 8.75. The first-order valence-electron chi connectivity index (χ1n) is 5.68. The van der Waals surface area contributed by atoms with Crippen molar-refractivity contribution < 1.29 is 0 Å². The molecule has 0 bridgehead atoms. The molecule has 0 atom stereocenters. The smallest absolute Gasteiger partial charge is 0.130 e. The second kappa shape index (κ2) is 4.07. The van der Waals surface area contributed by atoms with Gasteiger partial charge in [-0.2, -0.15) is 0 Å².